The van der Waals surface area contributed by atoms with E-state index in [1.807, 2.05) is 102 Å². The molecule has 4 atom stereocenters. The lowest BCUT2D eigenvalue weighted by Crippen LogP contribution is -2.60. The van der Waals surface area contributed by atoms with E-state index in [1.165, 1.54) is 0 Å². The van der Waals surface area contributed by atoms with Gasteiger partial charge < -0.3 is 43.5 Å². The fourth-order valence-corrected chi connectivity index (χ4v) is 7.23. The van der Waals surface area contributed by atoms with Crippen molar-refractivity contribution in [1.82, 2.24) is 15.1 Å². The Bertz CT molecular complexity index is 1560. The van der Waals surface area contributed by atoms with Gasteiger partial charge in [0.2, 0.25) is 0 Å². The molecule has 53 heavy (non-hydrogen) atoms. The van der Waals surface area contributed by atoms with Crippen LogP contribution >= 0.6 is 0 Å². The quantitative estimate of drug-likeness (QED) is 0.280. The first-order chi connectivity index (χ1) is 25.1. The van der Waals surface area contributed by atoms with Crippen LogP contribution in [0.3, 0.4) is 0 Å². The molecule has 13 nitrogen and oxygen atoms in total. The summed E-state index contributed by atoms with van der Waals surface area (Å²) in [6.45, 7) is 15.0. The van der Waals surface area contributed by atoms with Gasteiger partial charge in [0, 0.05) is 45.3 Å². The highest BCUT2D eigenvalue weighted by Gasteiger charge is 2.57. The molecule has 0 saturated carbocycles. The Morgan fingerprint density at radius 3 is 1.74 bits per heavy atom. The fourth-order valence-electron chi connectivity index (χ4n) is 7.23. The zero-order valence-electron chi connectivity index (χ0n) is 31.9. The summed E-state index contributed by atoms with van der Waals surface area (Å²) < 4.78 is 33.2. The summed E-state index contributed by atoms with van der Waals surface area (Å²) in [5.41, 5.74) is -0.716. The summed E-state index contributed by atoms with van der Waals surface area (Å²) >= 11 is 0. The number of carbonyl (C=O) groups excluding carboxylic acids is 4. The number of hydrogen-bond donors (Lipinski definition) is 1. The maximum absolute atomic E-state index is 12.9. The van der Waals surface area contributed by atoms with E-state index in [-0.39, 0.29) is 50.3 Å². The Morgan fingerprint density at radius 1 is 0.698 bits per heavy atom. The van der Waals surface area contributed by atoms with Gasteiger partial charge in [-0.05, 0) is 71.4 Å². The zero-order chi connectivity index (χ0) is 38.3. The Kier molecular flexibility index (Phi) is 12.6. The first-order valence-electron chi connectivity index (χ1n) is 18.4. The Hall–Kier alpha value is -4.36. The average Bonchev–Trinajstić information content (AvgIpc) is 3.69. The summed E-state index contributed by atoms with van der Waals surface area (Å²) in [7, 11) is 0. The number of hydrogen-bond acceptors (Lipinski definition) is 10. The van der Waals surface area contributed by atoms with Crippen LogP contribution in [0.2, 0.25) is 0 Å². The van der Waals surface area contributed by atoms with Crippen LogP contribution in [-0.4, -0.2) is 103 Å². The molecule has 2 aromatic carbocycles. The number of ether oxygens (including phenoxy) is 6. The van der Waals surface area contributed by atoms with Gasteiger partial charge in [0.15, 0.2) is 0 Å². The normalized spacial score (nSPS) is 25.2. The molecule has 2 aromatic rings. The van der Waals surface area contributed by atoms with Crippen LogP contribution in [0.5, 0.6) is 0 Å². The average molecular weight is 738 g/mol. The van der Waals surface area contributed by atoms with Crippen LogP contribution in [0.25, 0.3) is 0 Å². The number of nitrogens with one attached hydrogen (secondary N) is 1. The molecule has 4 aliphatic heterocycles. The number of fused-ring (bicyclic) bond motifs is 2. The fraction of sp³-hybridized carbons (Fsp3) is 0.600. The van der Waals surface area contributed by atoms with Crippen LogP contribution in [-0.2, 0) is 46.4 Å². The van der Waals surface area contributed by atoms with Gasteiger partial charge in [-0.15, -0.1) is 0 Å². The predicted octanol–water partition coefficient (Wildman–Crippen LogP) is 5.94. The summed E-state index contributed by atoms with van der Waals surface area (Å²) in [5.74, 6) is -0.133. The van der Waals surface area contributed by atoms with Crippen LogP contribution < -0.4 is 5.32 Å². The van der Waals surface area contributed by atoms with Crippen LogP contribution in [0, 0.1) is 17.3 Å². The van der Waals surface area contributed by atoms with Crippen molar-refractivity contribution in [1.29, 1.82) is 0 Å². The second-order valence-corrected chi connectivity index (χ2v) is 16.4. The van der Waals surface area contributed by atoms with Crippen molar-refractivity contribution < 1.29 is 47.6 Å². The summed E-state index contributed by atoms with van der Waals surface area (Å²) in [4.78, 5) is 53.5. The highest BCUT2D eigenvalue weighted by atomic mass is 16.6. The number of benzene rings is 2. The number of nitrogens with zero attached hydrogens (tertiary/aromatic N) is 2. The zero-order valence-corrected chi connectivity index (χ0v) is 31.9. The standard InChI is InChI=1S/C20H28N2O5.C20H27NO5/c1-19(2,3)27-17(23)21-20-13-22(11-16(20)9-10-25-14-20)18(24)26-12-15-7-5-4-6-8-15;1-19(2,3)26-17(22)20-13-21(11-16(20)9-10-24-14-20)18(23)25-12-15-7-5-4-6-8-15/h4-8,16H,9-14H2,1-3H3,(H,21,23);4-8,16H,9-14H2,1-3H3/t2*16-,20-/m00/s1. The molecule has 0 radical (unpaired) electrons. The molecule has 1 N–H and O–H groups in total. The number of esters is 1. The minimum Gasteiger partial charge on any atom is -0.459 e. The molecule has 3 amide bonds. The maximum atomic E-state index is 12.9. The van der Waals surface area contributed by atoms with Crippen molar-refractivity contribution in [2.45, 2.75) is 84.3 Å². The molecular weight excluding hydrogens is 682 g/mol. The highest BCUT2D eigenvalue weighted by molar-refractivity contribution is 5.81. The van der Waals surface area contributed by atoms with Crippen molar-refractivity contribution in [2.24, 2.45) is 17.3 Å². The van der Waals surface area contributed by atoms with E-state index in [1.54, 1.807) is 9.80 Å². The molecule has 6 rings (SSSR count). The van der Waals surface area contributed by atoms with Gasteiger partial charge in [-0.25, -0.2) is 14.4 Å². The first-order valence-corrected chi connectivity index (χ1v) is 18.4. The second kappa shape index (κ2) is 16.8. The van der Waals surface area contributed by atoms with Gasteiger partial charge in [-0.2, -0.15) is 0 Å². The van der Waals surface area contributed by atoms with Gasteiger partial charge in [-0.3, -0.25) is 4.79 Å². The van der Waals surface area contributed by atoms with E-state index < -0.39 is 34.3 Å². The molecule has 4 aliphatic rings. The number of alkyl carbamates (subject to hydrolysis) is 1. The van der Waals surface area contributed by atoms with E-state index >= 15 is 0 Å². The Labute approximate surface area is 312 Å². The molecule has 0 spiro atoms. The third-order valence-corrected chi connectivity index (χ3v) is 9.81. The number of rotatable bonds is 6. The smallest absolute Gasteiger partial charge is 0.410 e. The molecule has 0 aliphatic carbocycles. The first kappa shape index (κ1) is 39.8. The van der Waals surface area contributed by atoms with Gasteiger partial charge in [0.1, 0.15) is 29.8 Å². The van der Waals surface area contributed by atoms with Crippen molar-refractivity contribution in [3.8, 4) is 0 Å². The van der Waals surface area contributed by atoms with Gasteiger partial charge in [-0.1, -0.05) is 60.7 Å². The lowest BCUT2D eigenvalue weighted by Gasteiger charge is -2.38. The molecule has 4 heterocycles. The van der Waals surface area contributed by atoms with Crippen molar-refractivity contribution >= 4 is 24.2 Å². The summed E-state index contributed by atoms with van der Waals surface area (Å²) in [5, 5.41) is 2.97. The van der Waals surface area contributed by atoms with Gasteiger partial charge in [0.25, 0.3) is 0 Å². The topological polar surface area (TPSA) is 142 Å². The third-order valence-electron chi connectivity index (χ3n) is 9.81. The van der Waals surface area contributed by atoms with Crippen LogP contribution in [0.15, 0.2) is 60.7 Å². The molecule has 0 unspecified atom stereocenters. The Balaban J connectivity index is 0.000000204. The minimum absolute atomic E-state index is 0.0374. The van der Waals surface area contributed by atoms with Crippen molar-refractivity contribution in [3.05, 3.63) is 71.8 Å². The molecule has 4 fully saturated rings. The number of carbonyl (C=O) groups is 4. The largest absolute Gasteiger partial charge is 0.459 e. The molecule has 4 saturated heterocycles. The minimum atomic E-state index is -0.794. The number of amides is 3. The Morgan fingerprint density at radius 2 is 1.19 bits per heavy atom. The maximum Gasteiger partial charge on any atom is 0.410 e. The third kappa shape index (κ3) is 10.6. The van der Waals surface area contributed by atoms with E-state index in [0.717, 1.165) is 24.0 Å². The van der Waals surface area contributed by atoms with Crippen LogP contribution in [0.1, 0.15) is 65.5 Å². The van der Waals surface area contributed by atoms with E-state index in [2.05, 4.69) is 5.32 Å². The lowest BCUT2D eigenvalue weighted by molar-refractivity contribution is -0.178. The summed E-state index contributed by atoms with van der Waals surface area (Å²) in [6, 6.07) is 19.1. The molecule has 0 aromatic heterocycles. The highest BCUT2D eigenvalue weighted by Crippen LogP contribution is 2.43. The SMILES string of the molecule is CC(C)(C)OC(=O)N[C@@]12COCC[C@H]1CN(C(=O)OCc1ccccc1)C2.CC(C)(C)OC(=O)[C@@]12COCC[C@H]1CN(C(=O)OCc1ccccc1)C2. The van der Waals surface area contributed by atoms with Crippen molar-refractivity contribution in [2.75, 3.05) is 52.6 Å². The molecule has 290 valence electrons. The molecule has 0 bridgehead atoms. The van der Waals surface area contributed by atoms with Crippen molar-refractivity contribution in [3.63, 3.8) is 0 Å². The van der Waals surface area contributed by atoms with E-state index in [9.17, 15) is 19.2 Å². The number of likely N-dealkylation sites (tertiary alicyclic amines) is 2. The molecule has 13 heteroatoms. The van der Waals surface area contributed by atoms with E-state index in [0.29, 0.717) is 39.5 Å². The second-order valence-electron chi connectivity index (χ2n) is 16.4. The van der Waals surface area contributed by atoms with E-state index in [4.69, 9.17) is 28.4 Å². The van der Waals surface area contributed by atoms with Gasteiger partial charge >= 0.3 is 24.2 Å². The monoisotopic (exact) mass is 737 g/mol. The van der Waals surface area contributed by atoms with Crippen LogP contribution in [0.4, 0.5) is 14.4 Å². The predicted molar refractivity (Wildman–Crippen MR) is 195 cm³/mol. The lowest BCUT2D eigenvalue weighted by atomic mass is 9.75. The molecular formula is C40H55N3O10. The summed E-state index contributed by atoms with van der Waals surface area (Å²) in [6.07, 6.45) is 0.252. The van der Waals surface area contributed by atoms with Gasteiger partial charge in [0.05, 0.1) is 18.8 Å².